The summed E-state index contributed by atoms with van der Waals surface area (Å²) in [6.07, 6.45) is 2.58. The van der Waals surface area contributed by atoms with Crippen LogP contribution in [0.1, 0.15) is 20.3 Å². The third kappa shape index (κ3) is 3.47. The number of hydrogen-bond donors (Lipinski definition) is 0. The van der Waals surface area contributed by atoms with Crippen LogP contribution in [0.5, 0.6) is 5.88 Å². The summed E-state index contributed by atoms with van der Waals surface area (Å²) in [5.41, 5.74) is 1.25. The summed E-state index contributed by atoms with van der Waals surface area (Å²) in [5, 5.41) is 4.29. The van der Waals surface area contributed by atoms with Crippen LogP contribution in [0.2, 0.25) is 0 Å². The summed E-state index contributed by atoms with van der Waals surface area (Å²) >= 11 is 0. The molecular formula is C13H19BN4O. The predicted octanol–water partition coefficient (Wildman–Crippen LogP) is 0.634. The standard InChI is InChI=1S/C13H19BN4O/c1-3-17(4-2)8-5-9-19-13-7-6-12-15-10-11(14)18(12)16-13/h6-7,10H,3-5,8-9H2,1-2H3. The zero-order valence-corrected chi connectivity index (χ0v) is 11.5. The Balaban J connectivity index is 1.86. The highest BCUT2D eigenvalue weighted by Crippen LogP contribution is 2.07. The van der Waals surface area contributed by atoms with Gasteiger partial charge in [-0.1, -0.05) is 13.8 Å². The molecule has 0 fully saturated rings. The summed E-state index contributed by atoms with van der Waals surface area (Å²) in [6, 6.07) is 3.67. The normalized spacial score (nSPS) is 11.3. The van der Waals surface area contributed by atoms with Crippen molar-refractivity contribution in [2.75, 3.05) is 26.2 Å². The lowest BCUT2D eigenvalue weighted by Crippen LogP contribution is -2.25. The van der Waals surface area contributed by atoms with E-state index in [1.54, 1.807) is 10.7 Å². The molecule has 0 spiro atoms. The van der Waals surface area contributed by atoms with Gasteiger partial charge >= 0.3 is 0 Å². The van der Waals surface area contributed by atoms with Crippen molar-refractivity contribution in [3.05, 3.63) is 18.3 Å². The van der Waals surface area contributed by atoms with Gasteiger partial charge in [0.25, 0.3) is 0 Å². The Morgan fingerprint density at radius 3 is 2.84 bits per heavy atom. The molecule has 0 aliphatic heterocycles. The van der Waals surface area contributed by atoms with E-state index < -0.39 is 0 Å². The minimum atomic E-state index is 0.517. The van der Waals surface area contributed by atoms with Crippen LogP contribution >= 0.6 is 0 Å². The van der Waals surface area contributed by atoms with Gasteiger partial charge in [-0.15, -0.1) is 5.10 Å². The fraction of sp³-hybridized carbons (Fsp3) is 0.538. The average molecular weight is 258 g/mol. The Kier molecular flexibility index (Phi) is 4.79. The Morgan fingerprint density at radius 1 is 1.32 bits per heavy atom. The molecule has 2 rings (SSSR count). The van der Waals surface area contributed by atoms with Gasteiger partial charge in [0.1, 0.15) is 7.85 Å². The second-order valence-corrected chi connectivity index (χ2v) is 4.35. The first-order chi connectivity index (χ1) is 9.24. The molecule has 0 amide bonds. The minimum absolute atomic E-state index is 0.517. The van der Waals surface area contributed by atoms with Crippen LogP contribution in [0.25, 0.3) is 5.65 Å². The highest BCUT2D eigenvalue weighted by molar-refractivity contribution is 6.30. The van der Waals surface area contributed by atoms with Gasteiger partial charge in [-0.3, -0.25) is 0 Å². The Bertz CT molecular complexity index is 524. The first kappa shape index (κ1) is 13.9. The van der Waals surface area contributed by atoms with Crippen molar-refractivity contribution in [3.63, 3.8) is 0 Å². The number of aromatic nitrogens is 3. The average Bonchev–Trinajstić information content (AvgIpc) is 2.80. The monoisotopic (exact) mass is 258 g/mol. The molecule has 2 aromatic heterocycles. The first-order valence-corrected chi connectivity index (χ1v) is 6.70. The molecule has 100 valence electrons. The van der Waals surface area contributed by atoms with E-state index in [9.17, 15) is 0 Å². The lowest BCUT2D eigenvalue weighted by atomic mass is 10.1. The van der Waals surface area contributed by atoms with Gasteiger partial charge in [-0.05, 0) is 25.6 Å². The van der Waals surface area contributed by atoms with Crippen molar-refractivity contribution in [2.24, 2.45) is 0 Å². The van der Waals surface area contributed by atoms with E-state index in [1.807, 2.05) is 12.1 Å². The van der Waals surface area contributed by atoms with Gasteiger partial charge in [-0.2, -0.15) is 0 Å². The third-order valence-corrected chi connectivity index (χ3v) is 3.13. The number of hydrogen-bond acceptors (Lipinski definition) is 4. The van der Waals surface area contributed by atoms with Gasteiger partial charge < -0.3 is 9.64 Å². The molecule has 5 nitrogen and oxygen atoms in total. The van der Waals surface area contributed by atoms with Gasteiger partial charge in [0.2, 0.25) is 5.88 Å². The molecule has 2 heterocycles. The number of rotatable bonds is 7. The minimum Gasteiger partial charge on any atom is -0.477 e. The summed E-state index contributed by atoms with van der Waals surface area (Å²) < 4.78 is 7.22. The zero-order chi connectivity index (χ0) is 13.7. The van der Waals surface area contributed by atoms with Crippen LogP contribution in [0, 0.1) is 0 Å². The second-order valence-electron chi connectivity index (χ2n) is 4.35. The highest BCUT2D eigenvalue weighted by atomic mass is 16.5. The summed E-state index contributed by atoms with van der Waals surface area (Å²) in [7, 11) is 5.75. The molecule has 6 heteroatoms. The van der Waals surface area contributed by atoms with E-state index >= 15 is 0 Å². The van der Waals surface area contributed by atoms with Crippen LogP contribution in [0.15, 0.2) is 18.3 Å². The predicted molar refractivity (Wildman–Crippen MR) is 76.3 cm³/mol. The SMILES string of the molecule is [B]c1cnc2ccc(OCCCN(CC)CC)nn12. The number of fused-ring (bicyclic) bond motifs is 1. The van der Waals surface area contributed by atoms with Crippen molar-refractivity contribution in [2.45, 2.75) is 20.3 Å². The van der Waals surface area contributed by atoms with Crippen LogP contribution < -0.4 is 10.3 Å². The number of ether oxygens (including phenoxy) is 1. The van der Waals surface area contributed by atoms with E-state index in [1.165, 1.54) is 0 Å². The molecule has 0 saturated carbocycles. The summed E-state index contributed by atoms with van der Waals surface area (Å²) in [6.45, 7) is 8.19. The van der Waals surface area contributed by atoms with Crippen molar-refractivity contribution in [3.8, 4) is 5.88 Å². The first-order valence-electron chi connectivity index (χ1n) is 6.70. The van der Waals surface area contributed by atoms with Crippen LogP contribution in [0.4, 0.5) is 0 Å². The van der Waals surface area contributed by atoms with Crippen molar-refractivity contribution in [1.82, 2.24) is 19.5 Å². The van der Waals surface area contributed by atoms with Gasteiger partial charge in [0, 0.05) is 24.4 Å². The highest BCUT2D eigenvalue weighted by Gasteiger charge is 2.03. The molecule has 0 atom stereocenters. The van der Waals surface area contributed by atoms with E-state index in [2.05, 4.69) is 28.8 Å². The van der Waals surface area contributed by atoms with E-state index in [-0.39, 0.29) is 0 Å². The fourth-order valence-electron chi connectivity index (χ4n) is 1.96. The maximum atomic E-state index is 5.75. The maximum absolute atomic E-state index is 5.75. The van der Waals surface area contributed by atoms with Crippen molar-refractivity contribution >= 4 is 19.1 Å². The second kappa shape index (κ2) is 6.56. The maximum Gasteiger partial charge on any atom is 0.231 e. The molecule has 19 heavy (non-hydrogen) atoms. The molecule has 0 aliphatic rings. The molecule has 0 bridgehead atoms. The molecular weight excluding hydrogens is 239 g/mol. The lowest BCUT2D eigenvalue weighted by Gasteiger charge is -2.17. The molecule has 0 unspecified atom stereocenters. The van der Waals surface area contributed by atoms with Crippen molar-refractivity contribution < 1.29 is 4.74 Å². The number of imidazole rings is 1. The fourth-order valence-corrected chi connectivity index (χ4v) is 1.96. The van der Waals surface area contributed by atoms with Gasteiger partial charge in [0.05, 0.1) is 6.61 Å². The van der Waals surface area contributed by atoms with Crippen LogP contribution in [-0.4, -0.2) is 53.6 Å². The molecule has 2 aromatic rings. The van der Waals surface area contributed by atoms with Gasteiger partial charge in [-0.25, -0.2) is 9.50 Å². The van der Waals surface area contributed by atoms with Crippen LogP contribution in [-0.2, 0) is 0 Å². The van der Waals surface area contributed by atoms with E-state index in [4.69, 9.17) is 12.6 Å². The van der Waals surface area contributed by atoms with Crippen molar-refractivity contribution in [1.29, 1.82) is 0 Å². The summed E-state index contributed by atoms with van der Waals surface area (Å²) in [5.74, 6) is 0.580. The topological polar surface area (TPSA) is 42.7 Å². The molecule has 0 aromatic carbocycles. The summed E-state index contributed by atoms with van der Waals surface area (Å²) in [4.78, 5) is 6.48. The Hall–Kier alpha value is -1.56. The zero-order valence-electron chi connectivity index (χ0n) is 11.5. The number of nitrogens with zero attached hydrogens (tertiary/aromatic N) is 4. The Morgan fingerprint density at radius 2 is 2.11 bits per heavy atom. The van der Waals surface area contributed by atoms with Gasteiger partial charge in [0.15, 0.2) is 5.65 Å². The third-order valence-electron chi connectivity index (χ3n) is 3.13. The molecule has 0 aliphatic carbocycles. The van der Waals surface area contributed by atoms with Crippen LogP contribution in [0.3, 0.4) is 0 Å². The van der Waals surface area contributed by atoms with E-state index in [0.29, 0.717) is 18.1 Å². The quantitative estimate of drug-likeness (QED) is 0.539. The molecule has 0 saturated heterocycles. The smallest absolute Gasteiger partial charge is 0.231 e. The molecule has 2 radical (unpaired) electrons. The molecule has 0 N–H and O–H groups in total. The van der Waals surface area contributed by atoms with E-state index in [0.717, 1.165) is 31.7 Å². The lowest BCUT2D eigenvalue weighted by molar-refractivity contribution is 0.242. The Labute approximate surface area is 115 Å². The largest absolute Gasteiger partial charge is 0.477 e.